The molecule has 0 aromatic carbocycles. The maximum atomic E-state index is 13.0. The number of nitrogens with one attached hydrogen (secondary N) is 1. The van der Waals surface area contributed by atoms with Crippen LogP contribution in [0.5, 0.6) is 0 Å². The summed E-state index contributed by atoms with van der Waals surface area (Å²) >= 11 is 0. The first-order valence-corrected chi connectivity index (χ1v) is 7.71. The van der Waals surface area contributed by atoms with Crippen molar-refractivity contribution in [3.8, 4) is 0 Å². The van der Waals surface area contributed by atoms with Gasteiger partial charge in [-0.3, -0.25) is 4.79 Å². The van der Waals surface area contributed by atoms with Gasteiger partial charge in [0.05, 0.1) is 37.5 Å². The van der Waals surface area contributed by atoms with Gasteiger partial charge in [-0.15, -0.1) is 0 Å². The Kier molecular flexibility index (Phi) is 3.44. The minimum atomic E-state index is -0.477. The summed E-state index contributed by atoms with van der Waals surface area (Å²) < 4.78 is 14.9. The summed E-state index contributed by atoms with van der Waals surface area (Å²) in [6.45, 7) is 1.70. The van der Waals surface area contributed by atoms with E-state index in [-0.39, 0.29) is 11.9 Å². The molecule has 1 saturated carbocycles. The summed E-state index contributed by atoms with van der Waals surface area (Å²) in [5.41, 5.74) is 0.913. The van der Waals surface area contributed by atoms with Crippen molar-refractivity contribution in [2.75, 3.05) is 18.0 Å². The molecule has 1 amide bonds. The largest absolute Gasteiger partial charge is 0.354 e. The smallest absolute Gasteiger partial charge is 0.244 e. The second-order valence-electron chi connectivity index (χ2n) is 6.08. The monoisotopic (exact) mass is 316 g/mol. The van der Waals surface area contributed by atoms with E-state index in [0.717, 1.165) is 24.6 Å². The first-order chi connectivity index (χ1) is 11.2. The molecule has 7 nitrogen and oxygen atoms in total. The second kappa shape index (κ2) is 5.60. The van der Waals surface area contributed by atoms with E-state index < -0.39 is 5.82 Å². The molecular formula is C15H17FN6O. The van der Waals surface area contributed by atoms with E-state index in [4.69, 9.17) is 0 Å². The average Bonchev–Trinajstić information content (AvgIpc) is 3.27. The molecule has 2 aromatic rings. The number of rotatable bonds is 4. The van der Waals surface area contributed by atoms with Crippen LogP contribution < -0.4 is 10.2 Å². The van der Waals surface area contributed by atoms with E-state index in [0.29, 0.717) is 25.0 Å². The molecular weight excluding hydrogens is 299 g/mol. The Bertz CT molecular complexity index is 711. The van der Waals surface area contributed by atoms with Crippen molar-refractivity contribution in [1.29, 1.82) is 0 Å². The highest BCUT2D eigenvalue weighted by Gasteiger charge is 2.32. The predicted molar refractivity (Wildman–Crippen MR) is 80.0 cm³/mol. The van der Waals surface area contributed by atoms with Crippen molar-refractivity contribution in [2.24, 2.45) is 5.92 Å². The standard InChI is InChI=1S/C15H17FN6O/c16-11-4-19-15(20-5-11)21-7-12-6-17-9-22(12)13(8-21)14(23)18-3-10-1-2-10/h4-6,9-10,13H,1-3,7-8H2,(H,18,23). The van der Waals surface area contributed by atoms with Crippen molar-refractivity contribution < 1.29 is 9.18 Å². The van der Waals surface area contributed by atoms with Gasteiger partial charge in [-0.1, -0.05) is 0 Å². The summed E-state index contributed by atoms with van der Waals surface area (Å²) in [4.78, 5) is 26.6. The zero-order valence-electron chi connectivity index (χ0n) is 12.5. The Hall–Kier alpha value is -2.51. The van der Waals surface area contributed by atoms with Gasteiger partial charge in [0.2, 0.25) is 11.9 Å². The van der Waals surface area contributed by atoms with Crippen molar-refractivity contribution >= 4 is 11.9 Å². The van der Waals surface area contributed by atoms with Crippen LogP contribution in [0.3, 0.4) is 0 Å². The molecule has 1 aliphatic carbocycles. The summed E-state index contributed by atoms with van der Waals surface area (Å²) in [7, 11) is 0. The zero-order chi connectivity index (χ0) is 15.8. The van der Waals surface area contributed by atoms with Gasteiger partial charge in [-0.05, 0) is 18.8 Å². The van der Waals surface area contributed by atoms with Gasteiger partial charge in [-0.25, -0.2) is 19.3 Å². The molecule has 1 atom stereocenters. The first-order valence-electron chi connectivity index (χ1n) is 7.71. The molecule has 1 fully saturated rings. The Balaban J connectivity index is 1.55. The first kappa shape index (κ1) is 14.1. The maximum absolute atomic E-state index is 13.0. The fourth-order valence-electron chi connectivity index (χ4n) is 2.81. The summed E-state index contributed by atoms with van der Waals surface area (Å²) in [6.07, 6.45) is 8.07. The number of imidazole rings is 1. The molecule has 23 heavy (non-hydrogen) atoms. The summed E-state index contributed by atoms with van der Waals surface area (Å²) in [6, 6.07) is -0.381. The van der Waals surface area contributed by atoms with Gasteiger partial charge in [0.1, 0.15) is 6.04 Å². The van der Waals surface area contributed by atoms with Crippen molar-refractivity contribution in [1.82, 2.24) is 24.8 Å². The van der Waals surface area contributed by atoms with E-state index in [1.54, 1.807) is 12.5 Å². The highest BCUT2D eigenvalue weighted by molar-refractivity contribution is 5.81. The lowest BCUT2D eigenvalue weighted by molar-refractivity contribution is -0.124. The third-order valence-corrected chi connectivity index (χ3v) is 4.28. The van der Waals surface area contributed by atoms with Gasteiger partial charge in [0.25, 0.3) is 0 Å². The summed E-state index contributed by atoms with van der Waals surface area (Å²) in [5.74, 6) is 0.540. The molecule has 2 aliphatic rings. The second-order valence-corrected chi connectivity index (χ2v) is 6.08. The predicted octanol–water partition coefficient (Wildman–Crippen LogP) is 0.900. The quantitative estimate of drug-likeness (QED) is 0.907. The van der Waals surface area contributed by atoms with Crippen LogP contribution in [0.1, 0.15) is 24.6 Å². The van der Waals surface area contributed by atoms with Crippen LogP contribution in [-0.2, 0) is 11.3 Å². The Morgan fingerprint density at radius 2 is 2.09 bits per heavy atom. The lowest BCUT2D eigenvalue weighted by Gasteiger charge is -2.33. The van der Waals surface area contributed by atoms with Gasteiger partial charge in [0, 0.05) is 12.7 Å². The highest BCUT2D eigenvalue weighted by Crippen LogP contribution is 2.28. The SMILES string of the molecule is O=C(NCC1CC1)C1CN(c2ncc(F)cn2)Cc2cncn21. The molecule has 1 N–H and O–H groups in total. The van der Waals surface area contributed by atoms with Crippen LogP contribution in [0.25, 0.3) is 0 Å². The molecule has 4 rings (SSSR count). The number of aromatic nitrogens is 4. The fraction of sp³-hybridized carbons (Fsp3) is 0.467. The normalized spacial score (nSPS) is 20.2. The fourth-order valence-corrected chi connectivity index (χ4v) is 2.81. The number of hydrogen-bond acceptors (Lipinski definition) is 5. The zero-order valence-corrected chi connectivity index (χ0v) is 12.5. The van der Waals surface area contributed by atoms with Crippen LogP contribution in [0.15, 0.2) is 24.9 Å². The van der Waals surface area contributed by atoms with Crippen LogP contribution in [-0.4, -0.2) is 38.5 Å². The minimum absolute atomic E-state index is 0.0250. The molecule has 1 unspecified atom stereocenters. The van der Waals surface area contributed by atoms with E-state index in [9.17, 15) is 9.18 Å². The number of nitrogens with zero attached hydrogens (tertiary/aromatic N) is 5. The van der Waals surface area contributed by atoms with Crippen LogP contribution in [0.4, 0.5) is 10.3 Å². The lowest BCUT2D eigenvalue weighted by atomic mass is 10.1. The molecule has 0 spiro atoms. The minimum Gasteiger partial charge on any atom is -0.354 e. The van der Waals surface area contributed by atoms with E-state index in [1.807, 2.05) is 9.47 Å². The average molecular weight is 316 g/mol. The topological polar surface area (TPSA) is 75.9 Å². The van der Waals surface area contributed by atoms with Gasteiger partial charge < -0.3 is 14.8 Å². The number of carbonyl (C=O) groups excluding carboxylic acids is 1. The Morgan fingerprint density at radius 3 is 2.83 bits per heavy atom. The number of fused-ring (bicyclic) bond motifs is 1. The molecule has 3 heterocycles. The molecule has 1 aliphatic heterocycles. The molecule has 0 bridgehead atoms. The van der Waals surface area contributed by atoms with E-state index in [1.165, 1.54) is 12.8 Å². The number of carbonyl (C=O) groups is 1. The molecule has 0 radical (unpaired) electrons. The molecule has 0 saturated heterocycles. The Morgan fingerprint density at radius 1 is 1.30 bits per heavy atom. The van der Waals surface area contributed by atoms with Crippen molar-refractivity contribution in [2.45, 2.75) is 25.4 Å². The number of halogens is 1. The van der Waals surface area contributed by atoms with Crippen LogP contribution in [0, 0.1) is 11.7 Å². The van der Waals surface area contributed by atoms with Gasteiger partial charge in [0.15, 0.2) is 5.82 Å². The highest BCUT2D eigenvalue weighted by atomic mass is 19.1. The number of hydrogen-bond donors (Lipinski definition) is 1. The third kappa shape index (κ3) is 2.88. The number of amides is 1. The molecule has 8 heteroatoms. The lowest BCUT2D eigenvalue weighted by Crippen LogP contribution is -2.45. The molecule has 120 valence electrons. The van der Waals surface area contributed by atoms with E-state index >= 15 is 0 Å². The van der Waals surface area contributed by atoms with Gasteiger partial charge >= 0.3 is 0 Å². The molecule has 2 aromatic heterocycles. The Labute approximate surface area is 132 Å². The van der Waals surface area contributed by atoms with Crippen LogP contribution in [0.2, 0.25) is 0 Å². The van der Waals surface area contributed by atoms with Crippen molar-refractivity contribution in [3.63, 3.8) is 0 Å². The third-order valence-electron chi connectivity index (χ3n) is 4.28. The van der Waals surface area contributed by atoms with E-state index in [2.05, 4.69) is 20.3 Å². The van der Waals surface area contributed by atoms with Crippen molar-refractivity contribution in [3.05, 3.63) is 36.4 Å². The van der Waals surface area contributed by atoms with Gasteiger partial charge in [-0.2, -0.15) is 0 Å². The maximum Gasteiger partial charge on any atom is 0.244 e. The summed E-state index contributed by atoms with van der Waals surface area (Å²) in [5, 5.41) is 3.01. The number of anilines is 1. The van der Waals surface area contributed by atoms with Crippen LogP contribution >= 0.6 is 0 Å².